The van der Waals surface area contributed by atoms with Crippen LogP contribution in [-0.2, 0) is 74.1 Å². The summed E-state index contributed by atoms with van der Waals surface area (Å²) in [5, 5.41) is 61.6. The molecule has 0 amide bonds. The predicted molar refractivity (Wildman–Crippen MR) is 589 cm³/mol. The number of rotatable bonds is 18. The highest BCUT2D eigenvalue weighted by Gasteiger charge is 2.50. The average molecular weight is 2260 g/mol. The summed E-state index contributed by atoms with van der Waals surface area (Å²) in [6, 6.07) is 36.3. The number of likely N-dealkylation sites (tertiary alicyclic amines) is 5. The first-order chi connectivity index (χ1) is 68.9. The number of aryl methyl sites for hydroxylation is 3. The fraction of sp³-hybridized carbons (Fsp3) is 0.539. The first kappa shape index (κ1) is 121. The largest absolute Gasteiger partial charge is 0.504 e. The number of nitrogens with zero attached hydrogens (tertiary/aromatic N) is 5. The van der Waals surface area contributed by atoms with E-state index in [9.17, 15) is 63.0 Å². The Morgan fingerprint density at radius 3 is 1.26 bits per heavy atom. The number of hydrogen-bond donors (Lipinski definition) is 7. The minimum atomic E-state index is -4.02. The van der Waals surface area contributed by atoms with Crippen LogP contribution >= 0.6 is 59.6 Å². The Morgan fingerprint density at radius 2 is 0.779 bits per heavy atom. The summed E-state index contributed by atoms with van der Waals surface area (Å²) in [5.74, 6) is 2.96. The number of ether oxygens (including phenoxy) is 10. The fourth-order valence-electron chi connectivity index (χ4n) is 24.0. The number of phenols is 2. The number of carboxylic acids is 2. The molecule has 14 aliphatic rings. The third kappa shape index (κ3) is 27.5. The van der Waals surface area contributed by atoms with Crippen LogP contribution in [0.5, 0.6) is 57.5 Å². The van der Waals surface area contributed by atoms with Gasteiger partial charge in [0.1, 0.15) is 0 Å². The number of benzene rings is 8. The number of esters is 2. The second-order valence-electron chi connectivity index (χ2n) is 40.0. The first-order valence-electron chi connectivity index (χ1n) is 51.2. The molecule has 0 radical (unpaired) electrons. The minimum absolute atomic E-state index is 0. The van der Waals surface area contributed by atoms with Crippen molar-refractivity contribution >= 4 is 99.4 Å². The molecule has 5 aliphatic carbocycles. The monoisotopic (exact) mass is 2250 g/mol. The number of carbonyl (C=O) groups excluding carboxylic acids is 3. The van der Waals surface area contributed by atoms with Crippen molar-refractivity contribution in [1.82, 2.24) is 24.5 Å². The van der Waals surface area contributed by atoms with Crippen molar-refractivity contribution in [1.29, 1.82) is 0 Å². The Morgan fingerprint density at radius 1 is 0.416 bits per heavy atom. The summed E-state index contributed by atoms with van der Waals surface area (Å²) in [4.78, 5) is 73.3. The van der Waals surface area contributed by atoms with Crippen molar-refractivity contribution in [3.63, 3.8) is 0 Å². The van der Waals surface area contributed by atoms with E-state index in [1.54, 1.807) is 62.4 Å². The van der Waals surface area contributed by atoms with Crippen LogP contribution in [0.1, 0.15) is 271 Å². The van der Waals surface area contributed by atoms with E-state index in [-0.39, 0.29) is 138 Å². The molecule has 0 bridgehead atoms. The molecule has 22 rings (SSSR count). The Balaban J connectivity index is 0.000000178. The number of aliphatic hydroxyl groups excluding tert-OH is 2. The lowest BCUT2D eigenvalue weighted by Gasteiger charge is -2.47. The van der Waals surface area contributed by atoms with Crippen LogP contribution in [0.4, 0.5) is 0 Å². The van der Waals surface area contributed by atoms with Crippen LogP contribution in [0.25, 0.3) is 0 Å². The Labute approximate surface area is 912 Å². The number of halogens is 4. The number of carboxylic acid groups (broad SMARTS) is 2. The summed E-state index contributed by atoms with van der Waals surface area (Å²) in [6.45, 7) is 29.2. The fourth-order valence-corrected chi connectivity index (χ4v) is 25.1. The second kappa shape index (κ2) is 54.9. The zero-order valence-corrected chi connectivity index (χ0v) is 89.3. The van der Waals surface area contributed by atoms with Gasteiger partial charge < -0.3 is 78.0 Å². The van der Waals surface area contributed by atoms with Crippen LogP contribution in [0, 0.1) is 50.4 Å². The third-order valence-corrected chi connectivity index (χ3v) is 32.3. The van der Waals surface area contributed by atoms with Crippen molar-refractivity contribution in [3.8, 4) is 57.5 Å². The van der Waals surface area contributed by atoms with Gasteiger partial charge in [-0.1, -0.05) is 159 Å². The van der Waals surface area contributed by atoms with E-state index in [0.29, 0.717) is 75.4 Å². The van der Waals surface area contributed by atoms with Gasteiger partial charge in [0.15, 0.2) is 63.3 Å². The number of piperidine rings is 5. The number of aromatic hydroxyl groups is 2. The Bertz CT molecular complexity index is 5900. The molecule has 149 heavy (non-hydrogen) atoms. The maximum Gasteiger partial charge on any atom is 0.349 e. The summed E-state index contributed by atoms with van der Waals surface area (Å²) < 4.78 is 83.6. The molecule has 5 saturated heterocycles. The van der Waals surface area contributed by atoms with E-state index in [2.05, 4.69) is 77.3 Å². The number of Topliss-reactive ketones (excluding diaryl/α,β-unsaturated/α-hetero) is 1. The van der Waals surface area contributed by atoms with Gasteiger partial charge in [-0.2, -0.15) is 8.42 Å². The molecule has 9 heterocycles. The van der Waals surface area contributed by atoms with Crippen molar-refractivity contribution in [2.24, 2.45) is 29.6 Å². The Hall–Kier alpha value is -9.46. The highest BCUT2D eigenvalue weighted by Crippen LogP contribution is 2.55. The van der Waals surface area contributed by atoms with Crippen LogP contribution in [0.2, 0.25) is 10.0 Å². The predicted octanol–water partition coefficient (Wildman–Crippen LogP) is 21.7. The number of carbonyl (C=O) groups is 5. The van der Waals surface area contributed by atoms with Crippen molar-refractivity contribution in [2.75, 3.05) is 92.6 Å². The average Bonchev–Trinajstić information content (AvgIpc) is 1.70. The molecule has 8 aromatic rings. The van der Waals surface area contributed by atoms with Crippen molar-refractivity contribution < 1.29 is 115 Å². The van der Waals surface area contributed by atoms with Crippen LogP contribution in [0.15, 0.2) is 126 Å². The van der Waals surface area contributed by atoms with Crippen molar-refractivity contribution in [3.05, 3.63) is 215 Å². The number of aliphatic hydroxyl groups is 2. The number of ketones is 1. The van der Waals surface area contributed by atoms with E-state index in [0.717, 1.165) is 189 Å². The quantitative estimate of drug-likeness (QED) is 0.0182. The van der Waals surface area contributed by atoms with Crippen molar-refractivity contribution in [2.45, 2.75) is 286 Å². The summed E-state index contributed by atoms with van der Waals surface area (Å²) in [5.41, 5.74) is 13.6. The number of hydrogen-bond acceptors (Lipinski definition) is 26. The van der Waals surface area contributed by atoms with Gasteiger partial charge in [-0.05, 0) is 322 Å². The van der Waals surface area contributed by atoms with Gasteiger partial charge >= 0.3 is 23.9 Å². The van der Waals surface area contributed by atoms with Gasteiger partial charge in [0.25, 0.3) is 10.1 Å². The molecule has 8 aromatic carbocycles. The van der Waals surface area contributed by atoms with E-state index in [1.165, 1.54) is 156 Å². The zero-order valence-electron chi connectivity index (χ0n) is 83.9. The molecule has 5 fully saturated rings. The first-order valence-corrected chi connectivity index (χ1v) is 53.4. The molecule has 818 valence electrons. The van der Waals surface area contributed by atoms with Crippen LogP contribution < -0.4 is 37.9 Å². The third-order valence-electron chi connectivity index (χ3n) is 30.8. The van der Waals surface area contributed by atoms with Gasteiger partial charge in [-0.3, -0.25) is 33.8 Å². The summed E-state index contributed by atoms with van der Waals surface area (Å²) >= 11 is 12.9. The molecular weight excluding hydrogens is 2100 g/mol. The molecule has 7 N–H and O–H groups in total. The van der Waals surface area contributed by atoms with E-state index >= 15 is 0 Å². The van der Waals surface area contributed by atoms with E-state index in [1.807, 2.05) is 25.1 Å². The molecule has 14 atom stereocenters. The molecule has 34 heteroatoms. The smallest absolute Gasteiger partial charge is 0.349 e. The molecule has 0 aromatic heterocycles. The lowest BCUT2D eigenvalue weighted by molar-refractivity contribution is -0.166. The molecule has 0 saturated carbocycles. The van der Waals surface area contributed by atoms with Crippen LogP contribution in [0.3, 0.4) is 0 Å². The number of aliphatic carboxylic acids is 2. The lowest BCUT2D eigenvalue weighted by atomic mass is 9.73. The summed E-state index contributed by atoms with van der Waals surface area (Å²) in [7, 11) is -4.02. The highest BCUT2D eigenvalue weighted by molar-refractivity contribution is 14.0. The summed E-state index contributed by atoms with van der Waals surface area (Å²) in [6.07, 6.45) is 19.3. The van der Waals surface area contributed by atoms with Gasteiger partial charge in [-0.25, -0.2) is 19.2 Å². The van der Waals surface area contributed by atoms with Gasteiger partial charge in [-0.15, -0.1) is 36.4 Å². The lowest BCUT2D eigenvalue weighted by Crippen LogP contribution is -2.51. The SMILES string of the molecule is C.C.C.C.CCCN1CCC[C@@H]2C(=O)c3c(c(Cl)cc4c3OCO4)C[C@H]21.CCCN1CCC[C@@H]2C(O)c3c(c(Cl)cc4c3OCO4)C[C@H]21.CCCN1CCC[C@@H]2C(O)c3c(ccc4c3OCO4)C[C@H]21.CCCN1CCC[C@@H]2Cc3c(ccc(O)c3O)C[C@H]21.CCCN1CCC[C@@H]2Cc3c(ccc4c3OCO4)C[C@H]21.Cc1ccc(C(=O)O[C@@H](C(=O)O)[C@@H](OC(=O)c2ccc(C)cc2)C(=O)O)cc1.Cc1ccc(S(=O)(=O)O)cc1.Cl.I. The topological polar surface area (TPSA) is 370 Å². The van der Waals surface area contributed by atoms with Crippen LogP contribution in [-0.4, -0.2) is 233 Å². The zero-order chi connectivity index (χ0) is 101. The molecule has 0 spiro atoms. The van der Waals surface area contributed by atoms with E-state index in [4.69, 9.17) is 75.1 Å². The number of phenolic OH excluding ortho intramolecular Hbond substituents is 2. The van der Waals surface area contributed by atoms with Gasteiger partial charge in [0.05, 0.1) is 33.8 Å². The maximum absolute atomic E-state index is 13.1. The normalized spacial score (nSPS) is 23.1. The molecule has 29 nitrogen and oxygen atoms in total. The molecule has 9 aliphatic heterocycles. The minimum Gasteiger partial charge on any atom is -0.504 e. The standard InChI is InChI=1S/C20H18O8.C17H22ClNO3.C17H20ClNO3.C17H23NO3.C17H23NO2.C16H23NO2.C7H8O3S.4CH4.ClH.HI/c1-11-3-7-13(8-4-11)19(25)27-15(17(21)22)16(18(23)24)28-20(26)14-9-5-12(2)6-10-14;2*1-2-5-19-6-3-4-10-13(19)7-11-12(18)8-14-17(22-9-21-14)15(11)16(10)20;1-2-7-18-8-3-4-12-13(18)9-11-5-6-14-17(21-10-20-14)15(11)16(12)19;1-2-7-18-8-3-4-13-9-14-12(10-15(13)18)5-6-16-17(14)20-11-19-16;1-2-7-17-8-3-4-12-9-13-11(10-14(12)17)5-6-15(18)16(13)19;1-6-2-4-7(5-3-6)11(8,9)10;;;;;;/h3-10,15-16H,1-2H3,(H,21,22)(H,23,24);8,10,13,16,20H,2-7,9H2,1H3;8,10,13H,2-7,9H2,1H3;5-6,12-13,16,19H,2-4,7-10H2,1H3;5-6,13,15H,2-4,7-11H2,1H3;5-6,12,14,18-19H,2-4,7-10H2,1H3;2-5H,1H3,(H,8,9,10);4*1H4;2*1H/t15-,16-;10-,13+,16?;10-,13+;12-,13+,16?;13-,15-;12-,14-;;;;;;;/m100011......./s1. The Kier molecular flexibility index (Phi) is 44.7. The van der Waals surface area contributed by atoms with Gasteiger partial charge in [0.2, 0.25) is 39.4 Å². The molecular formula is C115H155Cl3IN5O24S. The van der Waals surface area contributed by atoms with Gasteiger partial charge in [0, 0.05) is 92.4 Å². The number of fused-ring (bicyclic) bond motifs is 18. The molecule has 2 unspecified atom stereocenters. The van der Waals surface area contributed by atoms with E-state index < -0.39 is 58.4 Å². The highest BCUT2D eigenvalue weighted by atomic mass is 127. The second-order valence-corrected chi connectivity index (χ2v) is 42.3. The maximum atomic E-state index is 13.1.